The lowest BCUT2D eigenvalue weighted by Crippen LogP contribution is -2.52. The van der Waals surface area contributed by atoms with E-state index in [2.05, 4.69) is 5.32 Å². The first-order valence-electron chi connectivity index (χ1n) is 11.4. The molecule has 1 atom stereocenters. The molecule has 6 heteroatoms. The van der Waals surface area contributed by atoms with Crippen molar-refractivity contribution >= 4 is 23.4 Å². The maximum Gasteiger partial charge on any atom is 0.261 e. The number of aryl methyl sites for hydroxylation is 1. The second-order valence-electron chi connectivity index (χ2n) is 8.62. The minimum absolute atomic E-state index is 0.0487. The number of amides is 2. The van der Waals surface area contributed by atoms with Gasteiger partial charge in [0.15, 0.2) is 6.61 Å². The second kappa shape index (κ2) is 12.2. The van der Waals surface area contributed by atoms with Crippen molar-refractivity contribution < 1.29 is 14.3 Å². The van der Waals surface area contributed by atoms with Crippen LogP contribution in [0.3, 0.4) is 0 Å². The van der Waals surface area contributed by atoms with E-state index in [9.17, 15) is 9.59 Å². The number of carbonyl (C=O) groups excluding carboxylic acids is 2. The van der Waals surface area contributed by atoms with Crippen LogP contribution < -0.4 is 10.1 Å². The lowest BCUT2D eigenvalue weighted by atomic mass is 10.0. The first-order valence-corrected chi connectivity index (χ1v) is 11.8. The fourth-order valence-corrected chi connectivity index (χ4v) is 3.71. The Balaban J connectivity index is 1.89. The zero-order valence-corrected chi connectivity index (χ0v) is 20.6. The summed E-state index contributed by atoms with van der Waals surface area (Å²) in [5.74, 6) is 0.0837. The summed E-state index contributed by atoms with van der Waals surface area (Å²) in [4.78, 5) is 28.4. The van der Waals surface area contributed by atoms with Gasteiger partial charge in [0.1, 0.15) is 11.8 Å². The average Bonchev–Trinajstić information content (AvgIpc) is 2.82. The number of nitrogens with one attached hydrogen (secondary N) is 1. The van der Waals surface area contributed by atoms with Gasteiger partial charge in [0.2, 0.25) is 5.91 Å². The first kappa shape index (κ1) is 25.3. The largest absolute Gasteiger partial charge is 0.484 e. The Bertz CT molecular complexity index is 1070. The van der Waals surface area contributed by atoms with Crippen molar-refractivity contribution in [3.05, 3.63) is 101 Å². The quantitative estimate of drug-likeness (QED) is 0.436. The van der Waals surface area contributed by atoms with Gasteiger partial charge in [-0.1, -0.05) is 71.8 Å². The van der Waals surface area contributed by atoms with Crippen LogP contribution in [0.4, 0.5) is 0 Å². The van der Waals surface area contributed by atoms with E-state index in [4.69, 9.17) is 16.3 Å². The van der Waals surface area contributed by atoms with Gasteiger partial charge < -0.3 is 15.0 Å². The molecule has 0 radical (unpaired) electrons. The van der Waals surface area contributed by atoms with E-state index in [0.717, 1.165) is 16.7 Å². The van der Waals surface area contributed by atoms with Crippen LogP contribution in [-0.4, -0.2) is 35.4 Å². The van der Waals surface area contributed by atoms with Crippen molar-refractivity contribution in [1.82, 2.24) is 10.2 Å². The summed E-state index contributed by atoms with van der Waals surface area (Å²) in [5, 5.41) is 3.58. The Morgan fingerprint density at radius 3 is 2.18 bits per heavy atom. The number of halogens is 1. The lowest BCUT2D eigenvalue weighted by Gasteiger charge is -2.32. The molecule has 0 saturated heterocycles. The molecule has 1 N–H and O–H groups in total. The summed E-state index contributed by atoms with van der Waals surface area (Å²) in [7, 11) is 0. The number of rotatable bonds is 10. The molecule has 178 valence electrons. The average molecular weight is 479 g/mol. The molecule has 0 spiro atoms. The van der Waals surface area contributed by atoms with E-state index in [1.54, 1.807) is 29.2 Å². The molecular formula is C28H31ClN2O3. The van der Waals surface area contributed by atoms with Gasteiger partial charge in [-0.15, -0.1) is 0 Å². The van der Waals surface area contributed by atoms with Gasteiger partial charge in [0, 0.05) is 24.0 Å². The molecule has 3 rings (SSSR count). The summed E-state index contributed by atoms with van der Waals surface area (Å²) in [6.45, 7) is 5.95. The lowest BCUT2D eigenvalue weighted by molar-refractivity contribution is -0.143. The van der Waals surface area contributed by atoms with Crippen molar-refractivity contribution in [2.75, 3.05) is 6.61 Å². The maximum absolute atomic E-state index is 13.5. The highest BCUT2D eigenvalue weighted by atomic mass is 35.5. The number of hydrogen-bond donors (Lipinski definition) is 1. The van der Waals surface area contributed by atoms with Crippen LogP contribution in [-0.2, 0) is 22.6 Å². The molecule has 2 amide bonds. The molecule has 0 unspecified atom stereocenters. The molecule has 0 aromatic heterocycles. The van der Waals surface area contributed by atoms with Gasteiger partial charge in [-0.25, -0.2) is 0 Å². The van der Waals surface area contributed by atoms with E-state index < -0.39 is 6.04 Å². The molecule has 0 aliphatic heterocycles. The Labute approximate surface area is 206 Å². The van der Waals surface area contributed by atoms with Crippen LogP contribution in [0, 0.1) is 6.92 Å². The number of benzene rings is 3. The molecule has 0 fully saturated rings. The Morgan fingerprint density at radius 2 is 1.56 bits per heavy atom. The molecule has 5 nitrogen and oxygen atoms in total. The minimum Gasteiger partial charge on any atom is -0.484 e. The van der Waals surface area contributed by atoms with E-state index in [1.165, 1.54) is 0 Å². The van der Waals surface area contributed by atoms with Gasteiger partial charge in [0.05, 0.1) is 0 Å². The Morgan fingerprint density at radius 1 is 0.912 bits per heavy atom. The maximum atomic E-state index is 13.5. The smallest absolute Gasteiger partial charge is 0.261 e. The number of nitrogens with zero attached hydrogens (tertiary/aromatic N) is 1. The third-order valence-electron chi connectivity index (χ3n) is 5.35. The predicted octanol–water partition coefficient (Wildman–Crippen LogP) is 5.19. The van der Waals surface area contributed by atoms with Crippen LogP contribution in [0.15, 0.2) is 78.9 Å². The van der Waals surface area contributed by atoms with Gasteiger partial charge in [-0.3, -0.25) is 9.59 Å². The Hall–Kier alpha value is -3.31. The van der Waals surface area contributed by atoms with E-state index in [-0.39, 0.29) is 24.5 Å². The standard InChI is InChI=1S/C28H31ClN2O3/c1-20(2)30-28(33)26(17-22-7-5-4-6-8-22)31(18-23-11-9-21(3)10-12-23)27(32)19-34-25-15-13-24(29)14-16-25/h4-16,20,26H,17-19H2,1-3H3,(H,30,33)/t26-/m1/s1. The number of carbonyl (C=O) groups is 2. The highest BCUT2D eigenvalue weighted by molar-refractivity contribution is 6.30. The van der Waals surface area contributed by atoms with Crippen molar-refractivity contribution in [2.45, 2.75) is 45.8 Å². The zero-order chi connectivity index (χ0) is 24.5. The van der Waals surface area contributed by atoms with Crippen LogP contribution in [0.25, 0.3) is 0 Å². The number of ether oxygens (including phenoxy) is 1. The molecule has 0 saturated carbocycles. The molecule has 0 bridgehead atoms. The molecule has 0 aliphatic rings. The monoisotopic (exact) mass is 478 g/mol. The topological polar surface area (TPSA) is 58.6 Å². The molecule has 3 aromatic rings. The normalized spacial score (nSPS) is 11.7. The number of hydrogen-bond acceptors (Lipinski definition) is 3. The Kier molecular flexibility index (Phi) is 9.11. The molecular weight excluding hydrogens is 448 g/mol. The van der Waals surface area contributed by atoms with E-state index in [1.807, 2.05) is 75.4 Å². The SMILES string of the molecule is Cc1ccc(CN(C(=O)COc2ccc(Cl)cc2)[C@H](Cc2ccccc2)C(=O)NC(C)C)cc1. The summed E-state index contributed by atoms with van der Waals surface area (Å²) < 4.78 is 5.74. The third-order valence-corrected chi connectivity index (χ3v) is 5.60. The highest BCUT2D eigenvalue weighted by Crippen LogP contribution is 2.18. The van der Waals surface area contributed by atoms with E-state index >= 15 is 0 Å². The van der Waals surface area contributed by atoms with Crippen molar-refractivity contribution in [2.24, 2.45) is 0 Å². The van der Waals surface area contributed by atoms with Crippen molar-refractivity contribution in [3.8, 4) is 5.75 Å². The van der Waals surface area contributed by atoms with Gasteiger partial charge >= 0.3 is 0 Å². The van der Waals surface area contributed by atoms with Crippen molar-refractivity contribution in [3.63, 3.8) is 0 Å². The fourth-order valence-electron chi connectivity index (χ4n) is 3.58. The first-order chi connectivity index (χ1) is 16.3. The third kappa shape index (κ3) is 7.63. The molecule has 3 aromatic carbocycles. The van der Waals surface area contributed by atoms with Crippen LogP contribution >= 0.6 is 11.6 Å². The van der Waals surface area contributed by atoms with Crippen LogP contribution in [0.5, 0.6) is 5.75 Å². The summed E-state index contributed by atoms with van der Waals surface area (Å²) >= 11 is 5.95. The predicted molar refractivity (Wildman–Crippen MR) is 136 cm³/mol. The molecule has 34 heavy (non-hydrogen) atoms. The van der Waals surface area contributed by atoms with Crippen LogP contribution in [0.1, 0.15) is 30.5 Å². The van der Waals surface area contributed by atoms with Gasteiger partial charge in [-0.2, -0.15) is 0 Å². The summed E-state index contributed by atoms with van der Waals surface area (Å²) in [6.07, 6.45) is 0.401. The second-order valence-corrected chi connectivity index (χ2v) is 9.06. The molecule has 0 aliphatic carbocycles. The van der Waals surface area contributed by atoms with E-state index in [0.29, 0.717) is 23.7 Å². The highest BCUT2D eigenvalue weighted by Gasteiger charge is 2.31. The zero-order valence-electron chi connectivity index (χ0n) is 19.8. The summed E-state index contributed by atoms with van der Waals surface area (Å²) in [6, 6.07) is 23.8. The van der Waals surface area contributed by atoms with Crippen LogP contribution in [0.2, 0.25) is 5.02 Å². The minimum atomic E-state index is -0.688. The van der Waals surface area contributed by atoms with Crippen molar-refractivity contribution in [1.29, 1.82) is 0 Å². The molecule has 0 heterocycles. The van der Waals surface area contributed by atoms with Gasteiger partial charge in [-0.05, 0) is 56.2 Å². The summed E-state index contributed by atoms with van der Waals surface area (Å²) in [5.41, 5.74) is 3.05. The fraction of sp³-hybridized carbons (Fsp3) is 0.286. The van der Waals surface area contributed by atoms with Gasteiger partial charge in [0.25, 0.3) is 5.91 Å².